The minimum atomic E-state index is 0.360. The average molecular weight is 345 g/mol. The summed E-state index contributed by atoms with van der Waals surface area (Å²) < 4.78 is 0. The normalized spacial score (nSPS) is 21.1. The van der Waals surface area contributed by atoms with E-state index >= 15 is 0 Å². The van der Waals surface area contributed by atoms with Crippen LogP contribution in [0.15, 0.2) is 72.8 Å². The van der Waals surface area contributed by atoms with Gasteiger partial charge in [0.15, 0.2) is 0 Å². The fraction of sp³-hybridized carbons (Fsp3) is 0.333. The summed E-state index contributed by atoms with van der Waals surface area (Å²) in [7, 11) is 0. The van der Waals surface area contributed by atoms with Crippen LogP contribution in [0.5, 0.6) is 0 Å². The van der Waals surface area contributed by atoms with Crippen LogP contribution in [-0.4, -0.2) is 19.6 Å². The molecule has 134 valence electrons. The predicted molar refractivity (Wildman–Crippen MR) is 110 cm³/mol. The molecule has 2 unspecified atom stereocenters. The van der Waals surface area contributed by atoms with Crippen molar-refractivity contribution < 1.29 is 0 Å². The second-order valence-corrected chi connectivity index (χ2v) is 7.57. The Morgan fingerprint density at radius 2 is 1.62 bits per heavy atom. The highest BCUT2D eigenvalue weighted by atomic mass is 15.0. The molecule has 2 heteroatoms. The van der Waals surface area contributed by atoms with Crippen molar-refractivity contribution in [1.29, 1.82) is 0 Å². The Bertz CT molecular complexity index is 838. The summed E-state index contributed by atoms with van der Waals surface area (Å²) in [4.78, 5) is 0. The van der Waals surface area contributed by atoms with Crippen LogP contribution in [-0.2, 0) is 6.42 Å². The van der Waals surface area contributed by atoms with Crippen LogP contribution in [0.4, 0.5) is 0 Å². The van der Waals surface area contributed by atoms with E-state index in [1.54, 1.807) is 0 Å². The molecule has 1 fully saturated rings. The fourth-order valence-corrected chi connectivity index (χ4v) is 4.25. The lowest BCUT2D eigenvalue weighted by atomic mass is 9.89. The van der Waals surface area contributed by atoms with E-state index in [1.807, 2.05) is 0 Å². The quantitative estimate of drug-likeness (QED) is 0.684. The molecule has 0 radical (unpaired) electrons. The summed E-state index contributed by atoms with van der Waals surface area (Å²) in [5.74, 6) is 1.40. The van der Waals surface area contributed by atoms with E-state index in [0.29, 0.717) is 17.9 Å². The van der Waals surface area contributed by atoms with Crippen molar-refractivity contribution in [2.75, 3.05) is 19.6 Å². The lowest BCUT2D eigenvalue weighted by Gasteiger charge is -2.23. The highest BCUT2D eigenvalue weighted by Gasteiger charge is 2.27. The van der Waals surface area contributed by atoms with Crippen LogP contribution in [0, 0.1) is 11.8 Å². The molecule has 4 rings (SSSR count). The Labute approximate surface area is 156 Å². The molecule has 3 aromatic carbocycles. The second kappa shape index (κ2) is 8.03. The molecule has 3 atom stereocenters. The number of fused-ring (bicyclic) bond motifs is 1. The minimum Gasteiger partial charge on any atom is -0.316 e. The molecule has 3 aromatic rings. The van der Waals surface area contributed by atoms with E-state index in [4.69, 9.17) is 0 Å². The van der Waals surface area contributed by atoms with Gasteiger partial charge in [0, 0.05) is 12.6 Å². The summed E-state index contributed by atoms with van der Waals surface area (Å²) in [6.45, 7) is 5.60. The molecule has 26 heavy (non-hydrogen) atoms. The summed E-state index contributed by atoms with van der Waals surface area (Å²) in [5, 5.41) is 10.1. The molecular formula is C24H28N2. The van der Waals surface area contributed by atoms with E-state index in [9.17, 15) is 0 Å². The summed E-state index contributed by atoms with van der Waals surface area (Å²) >= 11 is 0. The maximum atomic E-state index is 3.81. The van der Waals surface area contributed by atoms with Crippen LogP contribution in [0.25, 0.3) is 10.8 Å². The molecule has 1 heterocycles. The van der Waals surface area contributed by atoms with Gasteiger partial charge < -0.3 is 10.6 Å². The van der Waals surface area contributed by atoms with E-state index < -0.39 is 0 Å². The van der Waals surface area contributed by atoms with E-state index in [1.165, 1.54) is 28.3 Å². The molecule has 0 bridgehead atoms. The lowest BCUT2D eigenvalue weighted by Crippen LogP contribution is -2.30. The van der Waals surface area contributed by atoms with Crippen molar-refractivity contribution in [1.82, 2.24) is 10.6 Å². The highest BCUT2D eigenvalue weighted by molar-refractivity contribution is 5.86. The van der Waals surface area contributed by atoms with Crippen LogP contribution in [0.1, 0.15) is 24.1 Å². The smallest absolute Gasteiger partial charge is 0.0298 e. The molecule has 2 nitrogen and oxygen atoms in total. The first-order chi connectivity index (χ1) is 12.8. The largest absolute Gasteiger partial charge is 0.316 e. The van der Waals surface area contributed by atoms with Gasteiger partial charge in [0.05, 0.1) is 0 Å². The zero-order valence-corrected chi connectivity index (χ0v) is 15.5. The SMILES string of the molecule is C[C@@H](NCC1CNCC1Cc1ccccc1)c1cccc2ccccc12. The zero-order chi connectivity index (χ0) is 17.8. The second-order valence-electron chi connectivity index (χ2n) is 7.57. The molecule has 1 aliphatic rings. The molecule has 0 amide bonds. The van der Waals surface area contributed by atoms with Gasteiger partial charge in [0.2, 0.25) is 0 Å². The highest BCUT2D eigenvalue weighted by Crippen LogP contribution is 2.26. The Balaban J connectivity index is 1.41. The van der Waals surface area contributed by atoms with E-state index in [-0.39, 0.29) is 0 Å². The minimum absolute atomic E-state index is 0.360. The van der Waals surface area contributed by atoms with Crippen molar-refractivity contribution in [2.45, 2.75) is 19.4 Å². The van der Waals surface area contributed by atoms with Gasteiger partial charge in [0.1, 0.15) is 0 Å². The number of benzene rings is 3. The number of rotatable bonds is 6. The first-order valence-corrected chi connectivity index (χ1v) is 9.77. The summed E-state index contributed by atoms with van der Waals surface area (Å²) in [5.41, 5.74) is 2.85. The van der Waals surface area contributed by atoms with Crippen LogP contribution >= 0.6 is 0 Å². The first kappa shape index (κ1) is 17.3. The van der Waals surface area contributed by atoms with Crippen LogP contribution in [0.2, 0.25) is 0 Å². The standard InChI is InChI=1S/C24H28N2/c1-18(23-13-7-11-20-10-5-6-12-24(20)23)26-17-22-16-25-15-21(22)14-19-8-3-2-4-9-19/h2-13,18,21-22,25-26H,14-17H2,1H3/t18-,21?,22?/m1/s1. The molecule has 2 N–H and O–H groups in total. The summed E-state index contributed by atoms with van der Waals surface area (Å²) in [6.07, 6.45) is 1.17. The van der Waals surface area contributed by atoms with E-state index in [2.05, 4.69) is 90.4 Å². The van der Waals surface area contributed by atoms with E-state index in [0.717, 1.165) is 19.6 Å². The van der Waals surface area contributed by atoms with Gasteiger partial charge in [-0.2, -0.15) is 0 Å². The van der Waals surface area contributed by atoms with Gasteiger partial charge in [-0.05, 0) is 60.2 Å². The number of nitrogens with one attached hydrogen (secondary N) is 2. The molecule has 0 aliphatic carbocycles. The molecule has 0 spiro atoms. The molecule has 1 aliphatic heterocycles. The monoisotopic (exact) mass is 344 g/mol. The van der Waals surface area contributed by atoms with Gasteiger partial charge >= 0.3 is 0 Å². The Kier molecular flexibility index (Phi) is 5.33. The van der Waals surface area contributed by atoms with Gasteiger partial charge in [-0.1, -0.05) is 72.8 Å². The molecule has 1 saturated heterocycles. The first-order valence-electron chi connectivity index (χ1n) is 9.77. The van der Waals surface area contributed by atoms with Crippen LogP contribution < -0.4 is 10.6 Å². The third-order valence-electron chi connectivity index (χ3n) is 5.80. The van der Waals surface area contributed by atoms with Gasteiger partial charge in [-0.15, -0.1) is 0 Å². The Morgan fingerprint density at radius 1 is 0.885 bits per heavy atom. The third kappa shape index (κ3) is 3.82. The fourth-order valence-electron chi connectivity index (χ4n) is 4.25. The Hall–Kier alpha value is -2.16. The average Bonchev–Trinajstić information content (AvgIpc) is 3.13. The Morgan fingerprint density at radius 3 is 2.50 bits per heavy atom. The van der Waals surface area contributed by atoms with Gasteiger partial charge in [-0.25, -0.2) is 0 Å². The van der Waals surface area contributed by atoms with Crippen molar-refractivity contribution in [3.05, 3.63) is 83.9 Å². The third-order valence-corrected chi connectivity index (χ3v) is 5.80. The van der Waals surface area contributed by atoms with Crippen LogP contribution in [0.3, 0.4) is 0 Å². The van der Waals surface area contributed by atoms with Gasteiger partial charge in [0.25, 0.3) is 0 Å². The maximum absolute atomic E-state index is 3.81. The molecule has 0 saturated carbocycles. The van der Waals surface area contributed by atoms with Crippen molar-refractivity contribution in [2.24, 2.45) is 11.8 Å². The maximum Gasteiger partial charge on any atom is 0.0298 e. The van der Waals surface area contributed by atoms with Crippen molar-refractivity contribution >= 4 is 10.8 Å². The predicted octanol–water partition coefficient (Wildman–Crippen LogP) is 4.57. The zero-order valence-electron chi connectivity index (χ0n) is 15.5. The molecular weight excluding hydrogens is 316 g/mol. The topological polar surface area (TPSA) is 24.1 Å². The number of hydrogen-bond donors (Lipinski definition) is 2. The number of hydrogen-bond acceptors (Lipinski definition) is 2. The van der Waals surface area contributed by atoms with Crippen molar-refractivity contribution in [3.8, 4) is 0 Å². The van der Waals surface area contributed by atoms with Gasteiger partial charge in [-0.3, -0.25) is 0 Å². The molecule has 0 aromatic heterocycles. The summed E-state index contributed by atoms with van der Waals surface area (Å²) in [6, 6.07) is 26.6. The van der Waals surface area contributed by atoms with Crippen molar-refractivity contribution in [3.63, 3.8) is 0 Å². The lowest BCUT2D eigenvalue weighted by molar-refractivity contribution is 0.376.